The number of anilines is 1. The average Bonchev–Trinajstić information content (AvgIpc) is 2.61. The predicted octanol–water partition coefficient (Wildman–Crippen LogP) is 2.79. The molecule has 0 aliphatic heterocycles. The highest BCUT2D eigenvalue weighted by Gasteiger charge is 2.09. The molecule has 0 heterocycles. The van der Waals surface area contributed by atoms with Gasteiger partial charge in [-0.2, -0.15) is 0 Å². The molecule has 0 unspecified atom stereocenters. The van der Waals surface area contributed by atoms with Gasteiger partial charge in [0.25, 0.3) is 11.6 Å². The highest BCUT2D eigenvalue weighted by atomic mass is 16.6. The second-order valence-electron chi connectivity index (χ2n) is 4.89. The Morgan fingerprint density at radius 1 is 1.16 bits per heavy atom. The lowest BCUT2D eigenvalue weighted by Crippen LogP contribution is -2.20. The van der Waals surface area contributed by atoms with Gasteiger partial charge in [0.1, 0.15) is 5.75 Å². The van der Waals surface area contributed by atoms with Crippen LogP contribution in [0.3, 0.4) is 0 Å². The molecule has 8 heteroatoms. The van der Waals surface area contributed by atoms with Crippen LogP contribution in [-0.4, -0.2) is 30.0 Å². The summed E-state index contributed by atoms with van der Waals surface area (Å²) in [4.78, 5) is 33.5. The van der Waals surface area contributed by atoms with E-state index in [1.54, 1.807) is 19.1 Å². The fourth-order valence-electron chi connectivity index (χ4n) is 1.94. The monoisotopic (exact) mass is 344 g/mol. The number of carbonyl (C=O) groups excluding carboxylic acids is 2. The summed E-state index contributed by atoms with van der Waals surface area (Å²) in [6.45, 7) is 1.70. The number of nitro groups is 1. The maximum atomic E-state index is 11.9. The molecule has 0 fully saturated rings. The summed E-state index contributed by atoms with van der Waals surface area (Å²) in [5.41, 5.74) is 0.751. The summed E-state index contributed by atoms with van der Waals surface area (Å²) >= 11 is 0. The normalized spacial score (nSPS) is 9.96. The van der Waals surface area contributed by atoms with Crippen LogP contribution in [0.25, 0.3) is 0 Å². The van der Waals surface area contributed by atoms with Crippen LogP contribution in [0.1, 0.15) is 17.3 Å². The van der Waals surface area contributed by atoms with Crippen molar-refractivity contribution in [3.05, 3.63) is 64.2 Å². The zero-order valence-electron chi connectivity index (χ0n) is 13.4. The molecule has 2 aromatic carbocycles. The van der Waals surface area contributed by atoms with Gasteiger partial charge < -0.3 is 14.8 Å². The minimum absolute atomic E-state index is 0.118. The highest BCUT2D eigenvalue weighted by molar-refractivity contribution is 5.93. The molecule has 0 saturated carbocycles. The fraction of sp³-hybridized carbons (Fsp3) is 0.176. The Kier molecular flexibility index (Phi) is 6.05. The summed E-state index contributed by atoms with van der Waals surface area (Å²) in [7, 11) is 0. The maximum absolute atomic E-state index is 11.9. The molecule has 0 saturated heterocycles. The molecule has 25 heavy (non-hydrogen) atoms. The van der Waals surface area contributed by atoms with Gasteiger partial charge in [0.05, 0.1) is 23.2 Å². The third-order valence-corrected chi connectivity index (χ3v) is 3.08. The Hall–Kier alpha value is -3.42. The van der Waals surface area contributed by atoms with Gasteiger partial charge in [0.15, 0.2) is 6.61 Å². The molecule has 0 aliphatic carbocycles. The van der Waals surface area contributed by atoms with Crippen molar-refractivity contribution in [3.63, 3.8) is 0 Å². The number of benzene rings is 2. The molecule has 130 valence electrons. The third-order valence-electron chi connectivity index (χ3n) is 3.08. The van der Waals surface area contributed by atoms with Crippen molar-refractivity contribution in [3.8, 4) is 5.75 Å². The minimum atomic E-state index is -0.544. The first-order chi connectivity index (χ1) is 12.0. The van der Waals surface area contributed by atoms with Gasteiger partial charge in [-0.1, -0.05) is 6.07 Å². The van der Waals surface area contributed by atoms with E-state index in [-0.39, 0.29) is 24.7 Å². The lowest BCUT2D eigenvalue weighted by atomic mass is 10.2. The predicted molar refractivity (Wildman–Crippen MR) is 89.6 cm³/mol. The van der Waals surface area contributed by atoms with E-state index >= 15 is 0 Å². The number of nitrogens with zero attached hydrogens (tertiary/aromatic N) is 1. The maximum Gasteiger partial charge on any atom is 0.338 e. The largest absolute Gasteiger partial charge is 0.484 e. The average molecular weight is 344 g/mol. The van der Waals surface area contributed by atoms with E-state index in [9.17, 15) is 19.7 Å². The molecule has 0 aromatic heterocycles. The third kappa shape index (κ3) is 5.31. The second-order valence-corrected chi connectivity index (χ2v) is 4.89. The number of hydrogen-bond acceptors (Lipinski definition) is 6. The molecule has 1 amide bonds. The van der Waals surface area contributed by atoms with Crippen molar-refractivity contribution in [1.29, 1.82) is 0 Å². The summed E-state index contributed by atoms with van der Waals surface area (Å²) in [6, 6.07) is 11.8. The van der Waals surface area contributed by atoms with Crippen LogP contribution in [0, 0.1) is 10.1 Å². The van der Waals surface area contributed by atoms with Crippen LogP contribution < -0.4 is 10.1 Å². The van der Waals surface area contributed by atoms with Crippen LogP contribution in [0.15, 0.2) is 48.5 Å². The molecule has 2 rings (SSSR count). The quantitative estimate of drug-likeness (QED) is 0.470. The molecule has 0 bridgehead atoms. The van der Waals surface area contributed by atoms with E-state index in [0.29, 0.717) is 11.3 Å². The highest BCUT2D eigenvalue weighted by Crippen LogP contribution is 2.19. The van der Waals surface area contributed by atoms with Crippen LogP contribution >= 0.6 is 0 Å². The number of rotatable bonds is 7. The molecule has 1 N–H and O–H groups in total. The van der Waals surface area contributed by atoms with Gasteiger partial charge >= 0.3 is 5.97 Å². The number of non-ortho nitro benzene ring substituents is 1. The zero-order valence-corrected chi connectivity index (χ0v) is 13.4. The summed E-state index contributed by atoms with van der Waals surface area (Å²) in [5, 5.41) is 13.3. The van der Waals surface area contributed by atoms with Crippen molar-refractivity contribution in [2.24, 2.45) is 0 Å². The Balaban J connectivity index is 1.89. The topological polar surface area (TPSA) is 108 Å². The number of amides is 1. The Bertz CT molecular complexity index is 773. The van der Waals surface area contributed by atoms with Gasteiger partial charge in [-0.25, -0.2) is 4.79 Å². The van der Waals surface area contributed by atoms with Crippen molar-refractivity contribution >= 4 is 23.3 Å². The molecule has 0 atom stereocenters. The Morgan fingerprint density at radius 3 is 2.52 bits per heavy atom. The summed E-state index contributed by atoms with van der Waals surface area (Å²) < 4.78 is 10.1. The first-order valence-electron chi connectivity index (χ1n) is 7.44. The van der Waals surface area contributed by atoms with E-state index in [1.165, 1.54) is 36.4 Å². The van der Waals surface area contributed by atoms with Crippen molar-refractivity contribution in [2.75, 3.05) is 18.5 Å². The number of carbonyl (C=O) groups is 2. The number of nitrogens with one attached hydrogen (secondary N) is 1. The van der Waals surface area contributed by atoms with Gasteiger partial charge in [-0.05, 0) is 37.3 Å². The molecule has 8 nitrogen and oxygen atoms in total. The van der Waals surface area contributed by atoms with E-state index < -0.39 is 16.8 Å². The zero-order chi connectivity index (χ0) is 18.2. The molecule has 0 spiro atoms. The van der Waals surface area contributed by atoms with Crippen LogP contribution in [0.2, 0.25) is 0 Å². The first-order valence-corrected chi connectivity index (χ1v) is 7.44. The summed E-state index contributed by atoms with van der Waals surface area (Å²) in [5.74, 6) is -0.646. The van der Waals surface area contributed by atoms with Crippen LogP contribution in [0.5, 0.6) is 5.75 Å². The van der Waals surface area contributed by atoms with Gasteiger partial charge in [-0.3, -0.25) is 14.9 Å². The van der Waals surface area contributed by atoms with Crippen LogP contribution in [0.4, 0.5) is 11.4 Å². The number of esters is 1. The molecule has 2 aromatic rings. The van der Waals surface area contributed by atoms with Crippen molar-refractivity contribution in [1.82, 2.24) is 0 Å². The Morgan fingerprint density at radius 2 is 1.88 bits per heavy atom. The molecular formula is C17H16N2O6. The van der Waals surface area contributed by atoms with Gasteiger partial charge in [-0.15, -0.1) is 0 Å². The lowest BCUT2D eigenvalue weighted by Gasteiger charge is -2.08. The smallest absolute Gasteiger partial charge is 0.338 e. The Labute approximate surface area is 143 Å². The minimum Gasteiger partial charge on any atom is -0.484 e. The first kappa shape index (κ1) is 17.9. The second kappa shape index (κ2) is 8.44. The molecular weight excluding hydrogens is 328 g/mol. The van der Waals surface area contributed by atoms with Crippen molar-refractivity contribution < 1.29 is 24.0 Å². The number of ether oxygens (including phenoxy) is 2. The lowest BCUT2D eigenvalue weighted by molar-refractivity contribution is -0.384. The number of nitro benzene ring substituents is 1. The van der Waals surface area contributed by atoms with Crippen LogP contribution in [-0.2, 0) is 9.53 Å². The van der Waals surface area contributed by atoms with E-state index in [0.717, 1.165) is 0 Å². The summed E-state index contributed by atoms with van der Waals surface area (Å²) in [6.07, 6.45) is 0. The number of hydrogen-bond donors (Lipinski definition) is 1. The van der Waals surface area contributed by atoms with Crippen molar-refractivity contribution in [2.45, 2.75) is 6.92 Å². The van der Waals surface area contributed by atoms with E-state index in [1.807, 2.05) is 0 Å². The van der Waals surface area contributed by atoms with E-state index in [4.69, 9.17) is 9.47 Å². The standard InChI is InChI=1S/C17H16N2O6/c1-2-24-17(21)12-6-8-13(9-7-12)18-16(20)11-25-15-5-3-4-14(10-15)19(22)23/h3-10H,2,11H2,1H3,(H,18,20). The molecule has 0 radical (unpaired) electrons. The molecule has 0 aliphatic rings. The SMILES string of the molecule is CCOC(=O)c1ccc(NC(=O)COc2cccc([N+](=O)[O-])c2)cc1. The van der Waals surface area contributed by atoms with Gasteiger partial charge in [0, 0.05) is 11.8 Å². The van der Waals surface area contributed by atoms with Gasteiger partial charge in [0.2, 0.25) is 0 Å². The fourth-order valence-corrected chi connectivity index (χ4v) is 1.94. The van der Waals surface area contributed by atoms with E-state index in [2.05, 4.69) is 5.32 Å².